The smallest absolute Gasteiger partial charge is 0.222 e. The summed E-state index contributed by atoms with van der Waals surface area (Å²) in [5, 5.41) is 0. The van der Waals surface area contributed by atoms with Gasteiger partial charge in [0, 0.05) is 55.8 Å². The first-order valence-corrected chi connectivity index (χ1v) is 13.8. The Morgan fingerprint density at radius 3 is 2.24 bits per heavy atom. The number of primary amides is 1. The van der Waals surface area contributed by atoms with Crippen molar-refractivity contribution in [2.45, 2.75) is 96.6 Å². The van der Waals surface area contributed by atoms with Crippen LogP contribution in [0.2, 0.25) is 0 Å². The van der Waals surface area contributed by atoms with Crippen LogP contribution in [-0.2, 0) is 14.4 Å². The molecule has 2 N–H and O–H groups in total. The lowest BCUT2D eigenvalue weighted by Gasteiger charge is -2.37. The summed E-state index contributed by atoms with van der Waals surface area (Å²) in [6, 6.07) is 0.399. The number of rotatable bonds is 11. The van der Waals surface area contributed by atoms with Gasteiger partial charge in [-0.2, -0.15) is 0 Å². The Morgan fingerprint density at radius 1 is 0.971 bits per heavy atom. The number of carbonyl (C=O) groups excluding carboxylic acids is 3. The Morgan fingerprint density at radius 2 is 1.59 bits per heavy atom. The number of hydrogen-bond acceptors (Lipinski definition) is 3. The van der Waals surface area contributed by atoms with Crippen LogP contribution in [0.5, 0.6) is 0 Å². The molecule has 0 aromatic rings. The summed E-state index contributed by atoms with van der Waals surface area (Å²) in [6.07, 6.45) is 10.2. The molecule has 0 bridgehead atoms. The molecule has 5 atom stereocenters. The lowest BCUT2D eigenvalue weighted by atomic mass is 9.83. The standard InChI is InChI=1S/C27H48N4O3/c1-5-23(29-14-8-6-7-10-25(29)32)17-24(30-15-9-11-26(30)33)16-22-19-31(3,4)18-21(22)13-12-20(2)27(28)34/h20-24H,5-19H2,1-4H3,(H-,28,34)/p+1. The van der Waals surface area contributed by atoms with Gasteiger partial charge in [-0.1, -0.05) is 20.3 Å². The van der Waals surface area contributed by atoms with Gasteiger partial charge in [0.05, 0.1) is 27.2 Å². The minimum Gasteiger partial charge on any atom is -0.369 e. The highest BCUT2D eigenvalue weighted by Crippen LogP contribution is 2.37. The Bertz CT molecular complexity index is 725. The summed E-state index contributed by atoms with van der Waals surface area (Å²) >= 11 is 0. The molecule has 194 valence electrons. The van der Waals surface area contributed by atoms with E-state index in [9.17, 15) is 14.4 Å². The Labute approximate surface area is 207 Å². The summed E-state index contributed by atoms with van der Waals surface area (Å²) in [4.78, 5) is 41.6. The van der Waals surface area contributed by atoms with E-state index in [2.05, 4.69) is 30.8 Å². The van der Waals surface area contributed by atoms with Gasteiger partial charge < -0.3 is 20.0 Å². The zero-order valence-electron chi connectivity index (χ0n) is 22.1. The third kappa shape index (κ3) is 6.96. The molecule has 3 saturated heterocycles. The number of quaternary nitrogens is 1. The normalized spacial score (nSPS) is 28.1. The third-order valence-corrected chi connectivity index (χ3v) is 8.77. The van der Waals surface area contributed by atoms with Crippen molar-refractivity contribution in [3.63, 3.8) is 0 Å². The molecule has 0 aromatic carbocycles. The molecule has 3 amide bonds. The maximum Gasteiger partial charge on any atom is 0.222 e. The molecule has 0 aromatic heterocycles. The second-order valence-corrected chi connectivity index (χ2v) is 12.0. The summed E-state index contributed by atoms with van der Waals surface area (Å²) in [5.41, 5.74) is 5.53. The van der Waals surface area contributed by atoms with Gasteiger partial charge in [0.15, 0.2) is 0 Å². The highest BCUT2D eigenvalue weighted by molar-refractivity contribution is 5.78. The molecule has 34 heavy (non-hydrogen) atoms. The zero-order chi connectivity index (χ0) is 24.9. The monoisotopic (exact) mass is 477 g/mol. The van der Waals surface area contributed by atoms with Crippen LogP contribution in [-0.4, -0.2) is 84.4 Å². The van der Waals surface area contributed by atoms with Crippen LogP contribution in [0.1, 0.15) is 84.5 Å². The lowest BCUT2D eigenvalue weighted by molar-refractivity contribution is -0.880. The van der Waals surface area contributed by atoms with Crippen molar-refractivity contribution >= 4 is 17.7 Å². The average Bonchev–Trinajstić information content (AvgIpc) is 3.25. The summed E-state index contributed by atoms with van der Waals surface area (Å²) in [7, 11) is 4.59. The molecule has 0 spiro atoms. The fourth-order valence-corrected chi connectivity index (χ4v) is 6.82. The van der Waals surface area contributed by atoms with Crippen molar-refractivity contribution in [2.24, 2.45) is 23.5 Å². The van der Waals surface area contributed by atoms with Crippen LogP contribution in [0.15, 0.2) is 0 Å². The molecular weight excluding hydrogens is 428 g/mol. The van der Waals surface area contributed by atoms with E-state index in [0.717, 1.165) is 88.4 Å². The second kappa shape index (κ2) is 11.9. The zero-order valence-corrected chi connectivity index (χ0v) is 22.1. The molecule has 7 heteroatoms. The van der Waals surface area contributed by atoms with Crippen molar-refractivity contribution in [1.29, 1.82) is 0 Å². The maximum absolute atomic E-state index is 12.9. The van der Waals surface area contributed by atoms with Crippen molar-refractivity contribution < 1.29 is 18.9 Å². The van der Waals surface area contributed by atoms with Gasteiger partial charge in [0.2, 0.25) is 17.7 Å². The molecule has 3 heterocycles. The highest BCUT2D eigenvalue weighted by atomic mass is 16.2. The predicted molar refractivity (Wildman–Crippen MR) is 135 cm³/mol. The average molecular weight is 478 g/mol. The maximum atomic E-state index is 12.9. The van der Waals surface area contributed by atoms with E-state index in [0.29, 0.717) is 30.6 Å². The van der Waals surface area contributed by atoms with Gasteiger partial charge in [-0.25, -0.2) is 0 Å². The van der Waals surface area contributed by atoms with Crippen molar-refractivity contribution in [3.8, 4) is 0 Å². The number of nitrogens with zero attached hydrogens (tertiary/aromatic N) is 3. The SMILES string of the molecule is CCC(CC(CC1C[N+](C)(C)CC1CCC(C)C(N)=O)N1CCCC1=O)N1CCCCCC1=O. The Kier molecular flexibility index (Phi) is 9.41. The first kappa shape index (κ1) is 27.0. The summed E-state index contributed by atoms with van der Waals surface area (Å²) in [5.74, 6) is 1.34. The highest BCUT2D eigenvalue weighted by Gasteiger charge is 2.43. The molecular formula is C27H49N4O3+. The molecule has 3 rings (SSSR count). The molecule has 3 aliphatic rings. The molecule has 3 aliphatic heterocycles. The van der Waals surface area contributed by atoms with E-state index < -0.39 is 0 Å². The van der Waals surface area contributed by atoms with Gasteiger partial charge in [0.1, 0.15) is 0 Å². The van der Waals surface area contributed by atoms with E-state index in [1.165, 1.54) is 0 Å². The van der Waals surface area contributed by atoms with Gasteiger partial charge in [-0.3, -0.25) is 14.4 Å². The van der Waals surface area contributed by atoms with Gasteiger partial charge in [0.25, 0.3) is 0 Å². The predicted octanol–water partition coefficient (Wildman–Crippen LogP) is 3.16. The number of hydrogen-bond donors (Lipinski definition) is 1. The van der Waals surface area contributed by atoms with Crippen molar-refractivity contribution in [1.82, 2.24) is 9.80 Å². The fraction of sp³-hybridized carbons (Fsp3) is 0.889. The molecule has 0 aliphatic carbocycles. The van der Waals surface area contributed by atoms with Crippen LogP contribution in [0.3, 0.4) is 0 Å². The number of likely N-dealkylation sites (tertiary alicyclic amines) is 3. The summed E-state index contributed by atoms with van der Waals surface area (Å²) in [6.45, 7) is 8.05. The Hall–Kier alpha value is -1.63. The number of nitrogens with two attached hydrogens (primary N) is 1. The van der Waals surface area contributed by atoms with Crippen LogP contribution in [0.25, 0.3) is 0 Å². The Balaban J connectivity index is 1.75. The van der Waals surface area contributed by atoms with Crippen LogP contribution in [0.4, 0.5) is 0 Å². The van der Waals surface area contributed by atoms with E-state index in [1.54, 1.807) is 0 Å². The molecule has 0 radical (unpaired) electrons. The van der Waals surface area contributed by atoms with E-state index in [-0.39, 0.29) is 29.8 Å². The fourth-order valence-electron chi connectivity index (χ4n) is 6.82. The number of amides is 3. The molecule has 7 nitrogen and oxygen atoms in total. The van der Waals surface area contributed by atoms with Crippen molar-refractivity contribution in [2.75, 3.05) is 40.3 Å². The quantitative estimate of drug-likeness (QED) is 0.464. The molecule has 3 fully saturated rings. The number of carbonyl (C=O) groups is 3. The second-order valence-electron chi connectivity index (χ2n) is 12.0. The van der Waals surface area contributed by atoms with Gasteiger partial charge in [-0.05, 0) is 51.4 Å². The molecule has 5 unspecified atom stereocenters. The third-order valence-electron chi connectivity index (χ3n) is 8.77. The van der Waals surface area contributed by atoms with Gasteiger partial charge in [-0.15, -0.1) is 0 Å². The van der Waals surface area contributed by atoms with Crippen LogP contribution < -0.4 is 5.73 Å². The molecule has 0 saturated carbocycles. The minimum atomic E-state index is -0.211. The first-order chi connectivity index (χ1) is 16.1. The van der Waals surface area contributed by atoms with Crippen LogP contribution in [0, 0.1) is 17.8 Å². The van der Waals surface area contributed by atoms with Gasteiger partial charge >= 0.3 is 0 Å². The minimum absolute atomic E-state index is 0.0914. The lowest BCUT2D eigenvalue weighted by Crippen LogP contribution is -2.47. The van der Waals surface area contributed by atoms with Crippen molar-refractivity contribution in [3.05, 3.63) is 0 Å². The largest absolute Gasteiger partial charge is 0.369 e. The van der Waals surface area contributed by atoms with E-state index >= 15 is 0 Å². The first-order valence-electron chi connectivity index (χ1n) is 13.8. The van der Waals surface area contributed by atoms with E-state index in [1.807, 2.05) is 6.92 Å². The van der Waals surface area contributed by atoms with Crippen LogP contribution >= 0.6 is 0 Å². The van der Waals surface area contributed by atoms with E-state index in [4.69, 9.17) is 5.73 Å². The summed E-state index contributed by atoms with van der Waals surface area (Å²) < 4.78 is 0.989. The topological polar surface area (TPSA) is 83.7 Å².